The van der Waals surface area contributed by atoms with E-state index in [1.165, 1.54) is 22.1 Å². The van der Waals surface area contributed by atoms with E-state index < -0.39 is 0 Å². The standard InChI is InChI=1S/C24H24N2O/c1-18(15-19-7-3-2-4-8-19)24(27)26-13-11-20(12-14-26)23-17-25-16-21-9-5-6-10-22(21)23/h2-11,16-18H,12-15H2,1H3/t18-/m1/s1. The fraction of sp³-hybridized carbons (Fsp3) is 0.250. The highest BCUT2D eigenvalue weighted by Gasteiger charge is 2.23. The number of hydrogen-bond donors (Lipinski definition) is 0. The fourth-order valence-corrected chi connectivity index (χ4v) is 3.85. The molecule has 0 spiro atoms. The Labute approximate surface area is 160 Å². The van der Waals surface area contributed by atoms with Crippen molar-refractivity contribution in [3.63, 3.8) is 0 Å². The van der Waals surface area contributed by atoms with Crippen LogP contribution in [-0.4, -0.2) is 28.9 Å². The Kier molecular flexibility index (Phi) is 5.01. The maximum absolute atomic E-state index is 12.8. The summed E-state index contributed by atoms with van der Waals surface area (Å²) in [6.45, 7) is 3.48. The van der Waals surface area contributed by atoms with E-state index in [2.05, 4.69) is 41.4 Å². The monoisotopic (exact) mass is 356 g/mol. The second-order valence-electron chi connectivity index (χ2n) is 7.26. The van der Waals surface area contributed by atoms with Gasteiger partial charge in [0.2, 0.25) is 5.91 Å². The third-order valence-electron chi connectivity index (χ3n) is 5.34. The predicted molar refractivity (Wildman–Crippen MR) is 110 cm³/mol. The van der Waals surface area contributed by atoms with Gasteiger partial charge in [-0.15, -0.1) is 0 Å². The maximum atomic E-state index is 12.8. The van der Waals surface area contributed by atoms with E-state index in [9.17, 15) is 4.79 Å². The number of pyridine rings is 1. The van der Waals surface area contributed by atoms with Crippen LogP contribution in [0, 0.1) is 5.92 Å². The summed E-state index contributed by atoms with van der Waals surface area (Å²) in [5.41, 5.74) is 3.70. The number of aromatic nitrogens is 1. The molecule has 0 radical (unpaired) electrons. The van der Waals surface area contributed by atoms with Crippen LogP contribution in [0.1, 0.15) is 24.5 Å². The largest absolute Gasteiger partial charge is 0.338 e. The number of fused-ring (bicyclic) bond motifs is 1. The van der Waals surface area contributed by atoms with E-state index in [-0.39, 0.29) is 11.8 Å². The smallest absolute Gasteiger partial charge is 0.226 e. The number of hydrogen-bond acceptors (Lipinski definition) is 2. The van der Waals surface area contributed by atoms with Gasteiger partial charge in [-0.1, -0.05) is 67.6 Å². The third-order valence-corrected chi connectivity index (χ3v) is 5.34. The molecule has 27 heavy (non-hydrogen) atoms. The van der Waals surface area contributed by atoms with E-state index >= 15 is 0 Å². The second-order valence-corrected chi connectivity index (χ2v) is 7.26. The van der Waals surface area contributed by atoms with Crippen LogP contribution in [0.4, 0.5) is 0 Å². The molecule has 3 nitrogen and oxygen atoms in total. The van der Waals surface area contributed by atoms with Gasteiger partial charge in [0.1, 0.15) is 0 Å². The predicted octanol–water partition coefficient (Wildman–Crippen LogP) is 4.73. The van der Waals surface area contributed by atoms with E-state index in [0.29, 0.717) is 6.54 Å². The van der Waals surface area contributed by atoms with E-state index in [0.717, 1.165) is 24.8 Å². The van der Waals surface area contributed by atoms with Crippen molar-refractivity contribution in [2.75, 3.05) is 13.1 Å². The third kappa shape index (κ3) is 3.77. The Bertz CT molecular complexity index is 973. The normalized spacial score (nSPS) is 15.4. The number of carbonyl (C=O) groups is 1. The highest BCUT2D eigenvalue weighted by Crippen LogP contribution is 2.28. The first kappa shape index (κ1) is 17.5. The Balaban J connectivity index is 1.47. The van der Waals surface area contributed by atoms with Crippen molar-refractivity contribution in [3.05, 3.63) is 84.2 Å². The van der Waals surface area contributed by atoms with Crippen molar-refractivity contribution in [2.24, 2.45) is 5.92 Å². The van der Waals surface area contributed by atoms with Gasteiger partial charge in [-0.05, 0) is 29.4 Å². The molecule has 1 aromatic heterocycles. The topological polar surface area (TPSA) is 33.2 Å². The molecule has 0 fully saturated rings. The number of carbonyl (C=O) groups excluding carboxylic acids is 1. The Morgan fingerprint density at radius 2 is 1.85 bits per heavy atom. The minimum absolute atomic E-state index is 0.00146. The van der Waals surface area contributed by atoms with Crippen molar-refractivity contribution in [3.8, 4) is 0 Å². The average Bonchev–Trinajstić information content (AvgIpc) is 2.73. The molecule has 4 rings (SSSR count). The molecule has 136 valence electrons. The molecule has 2 aromatic carbocycles. The molecule has 1 amide bonds. The van der Waals surface area contributed by atoms with Gasteiger partial charge in [0.25, 0.3) is 0 Å². The lowest BCUT2D eigenvalue weighted by molar-refractivity contribution is -0.134. The molecular weight excluding hydrogens is 332 g/mol. The lowest BCUT2D eigenvalue weighted by atomic mass is 9.95. The Morgan fingerprint density at radius 1 is 1.07 bits per heavy atom. The summed E-state index contributed by atoms with van der Waals surface area (Å²) in [6, 6.07) is 18.6. The van der Waals surface area contributed by atoms with Crippen LogP contribution in [0.3, 0.4) is 0 Å². The molecule has 0 unspecified atom stereocenters. The van der Waals surface area contributed by atoms with Crippen LogP contribution in [0.5, 0.6) is 0 Å². The summed E-state index contributed by atoms with van der Waals surface area (Å²) in [6.07, 6.45) is 7.71. The molecular formula is C24H24N2O. The first-order valence-electron chi connectivity index (χ1n) is 9.57. The van der Waals surface area contributed by atoms with Crippen LogP contribution in [0.25, 0.3) is 16.3 Å². The van der Waals surface area contributed by atoms with Gasteiger partial charge < -0.3 is 4.90 Å². The highest BCUT2D eigenvalue weighted by atomic mass is 16.2. The quantitative estimate of drug-likeness (QED) is 0.677. The molecule has 0 aliphatic carbocycles. The molecule has 1 aliphatic rings. The van der Waals surface area contributed by atoms with E-state index in [1.807, 2.05) is 48.5 Å². The van der Waals surface area contributed by atoms with Crippen LogP contribution in [0.2, 0.25) is 0 Å². The summed E-state index contributed by atoms with van der Waals surface area (Å²) in [5, 5.41) is 2.39. The minimum Gasteiger partial charge on any atom is -0.338 e. The zero-order valence-electron chi connectivity index (χ0n) is 15.6. The number of amides is 1. The molecule has 1 aliphatic heterocycles. The fourth-order valence-electron chi connectivity index (χ4n) is 3.85. The molecule has 0 N–H and O–H groups in total. The van der Waals surface area contributed by atoms with Crippen molar-refractivity contribution in [2.45, 2.75) is 19.8 Å². The van der Waals surface area contributed by atoms with Crippen LogP contribution in [-0.2, 0) is 11.2 Å². The SMILES string of the molecule is C[C@H](Cc1ccccc1)C(=O)N1CC=C(c2cncc3ccccc23)CC1. The van der Waals surface area contributed by atoms with Gasteiger partial charge in [-0.2, -0.15) is 0 Å². The van der Waals surface area contributed by atoms with Gasteiger partial charge in [0, 0.05) is 42.4 Å². The molecule has 0 saturated heterocycles. The molecule has 0 bridgehead atoms. The first-order chi connectivity index (χ1) is 13.2. The summed E-state index contributed by atoms with van der Waals surface area (Å²) in [4.78, 5) is 19.2. The Hall–Kier alpha value is -2.94. The minimum atomic E-state index is 0.00146. The maximum Gasteiger partial charge on any atom is 0.226 e. The zero-order chi connectivity index (χ0) is 18.6. The van der Waals surface area contributed by atoms with Gasteiger partial charge in [0.05, 0.1) is 0 Å². The van der Waals surface area contributed by atoms with Gasteiger partial charge in [-0.25, -0.2) is 0 Å². The van der Waals surface area contributed by atoms with E-state index in [4.69, 9.17) is 0 Å². The summed E-state index contributed by atoms with van der Waals surface area (Å²) in [7, 11) is 0. The van der Waals surface area contributed by atoms with Crippen molar-refractivity contribution in [1.29, 1.82) is 0 Å². The van der Waals surface area contributed by atoms with Crippen molar-refractivity contribution >= 4 is 22.3 Å². The van der Waals surface area contributed by atoms with Crippen molar-refractivity contribution in [1.82, 2.24) is 9.88 Å². The molecule has 0 saturated carbocycles. The molecule has 3 heteroatoms. The Morgan fingerprint density at radius 3 is 2.63 bits per heavy atom. The first-order valence-corrected chi connectivity index (χ1v) is 9.57. The number of nitrogens with zero attached hydrogens (tertiary/aromatic N) is 2. The molecule has 3 aromatic rings. The average molecular weight is 356 g/mol. The lowest BCUT2D eigenvalue weighted by Crippen LogP contribution is -2.38. The summed E-state index contributed by atoms with van der Waals surface area (Å²) in [5.74, 6) is 0.242. The molecule has 1 atom stereocenters. The summed E-state index contributed by atoms with van der Waals surface area (Å²) < 4.78 is 0. The van der Waals surface area contributed by atoms with E-state index in [1.54, 1.807) is 0 Å². The zero-order valence-corrected chi connectivity index (χ0v) is 15.6. The number of benzene rings is 2. The van der Waals surface area contributed by atoms with Crippen LogP contribution < -0.4 is 0 Å². The van der Waals surface area contributed by atoms with Crippen LogP contribution in [0.15, 0.2) is 73.1 Å². The van der Waals surface area contributed by atoms with Crippen LogP contribution >= 0.6 is 0 Å². The van der Waals surface area contributed by atoms with Gasteiger partial charge in [0.15, 0.2) is 0 Å². The second kappa shape index (κ2) is 7.75. The summed E-state index contributed by atoms with van der Waals surface area (Å²) >= 11 is 0. The molecule has 2 heterocycles. The number of rotatable bonds is 4. The highest BCUT2D eigenvalue weighted by molar-refractivity contribution is 5.93. The van der Waals surface area contributed by atoms with Gasteiger partial charge in [-0.3, -0.25) is 9.78 Å². The van der Waals surface area contributed by atoms with Crippen molar-refractivity contribution < 1.29 is 4.79 Å². The van der Waals surface area contributed by atoms with Gasteiger partial charge >= 0.3 is 0 Å². The lowest BCUT2D eigenvalue weighted by Gasteiger charge is -2.29.